The number of rotatable bonds is 5. The van der Waals surface area contributed by atoms with Gasteiger partial charge in [-0.2, -0.15) is 17.0 Å². The molecule has 0 bridgehead atoms. The third-order valence-electron chi connectivity index (χ3n) is 2.56. The van der Waals surface area contributed by atoms with Crippen molar-refractivity contribution in [1.82, 2.24) is 0 Å². The second kappa shape index (κ2) is 6.30. The Morgan fingerprint density at radius 2 is 2.11 bits per heavy atom. The topological polar surface area (TPSA) is 49.0 Å². The fraction of sp³-hybridized carbons (Fsp3) is 0.214. The van der Waals surface area contributed by atoms with E-state index in [9.17, 15) is 4.39 Å². The number of nitrogens with zero attached hydrogens (tertiary/aromatic N) is 1. The Morgan fingerprint density at radius 1 is 1.32 bits per heavy atom. The van der Waals surface area contributed by atoms with Gasteiger partial charge in [0.2, 0.25) is 0 Å². The van der Waals surface area contributed by atoms with Crippen LogP contribution in [0.3, 0.4) is 0 Å². The molecule has 0 aliphatic heterocycles. The Hall–Kier alpha value is -1.93. The summed E-state index contributed by atoms with van der Waals surface area (Å²) in [5, 5.41) is 12.0. The molecule has 0 saturated heterocycles. The van der Waals surface area contributed by atoms with E-state index in [0.29, 0.717) is 12.2 Å². The lowest BCUT2D eigenvalue weighted by atomic mass is 10.2. The Kier molecular flexibility index (Phi) is 4.48. The Bertz CT molecular complexity index is 604. The van der Waals surface area contributed by atoms with Crippen molar-refractivity contribution in [3.8, 4) is 6.07 Å². The number of furan rings is 1. The van der Waals surface area contributed by atoms with Crippen LogP contribution in [0.5, 0.6) is 0 Å². The highest BCUT2D eigenvalue weighted by atomic mass is 32.2. The highest BCUT2D eigenvalue weighted by Gasteiger charge is 2.05. The largest absolute Gasteiger partial charge is 0.463 e. The van der Waals surface area contributed by atoms with Crippen molar-refractivity contribution in [2.75, 3.05) is 11.6 Å². The predicted molar refractivity (Wildman–Crippen MR) is 74.4 cm³/mol. The lowest BCUT2D eigenvalue weighted by molar-refractivity contribution is 0.487. The standard InChI is InChI=1S/C14H13FN2OS/c1-19-9-13-4-3-12(18-13)8-17-14-5-2-11(15)6-10(14)7-16/h2-6,17H,8-9H2,1H3. The minimum absolute atomic E-state index is 0.288. The SMILES string of the molecule is CSCc1ccc(CNc2ccc(F)cc2C#N)o1. The van der Waals surface area contributed by atoms with Gasteiger partial charge in [0.05, 0.1) is 23.5 Å². The lowest BCUT2D eigenvalue weighted by Crippen LogP contribution is -2.00. The molecule has 0 amide bonds. The van der Waals surface area contributed by atoms with Gasteiger partial charge in [-0.3, -0.25) is 0 Å². The maximum absolute atomic E-state index is 13.0. The summed E-state index contributed by atoms with van der Waals surface area (Å²) in [7, 11) is 0. The van der Waals surface area contributed by atoms with Crippen molar-refractivity contribution in [3.05, 3.63) is 53.2 Å². The molecule has 1 aromatic carbocycles. The van der Waals surface area contributed by atoms with E-state index in [4.69, 9.17) is 9.68 Å². The molecule has 0 aliphatic rings. The molecule has 98 valence electrons. The number of thioether (sulfide) groups is 1. The summed E-state index contributed by atoms with van der Waals surface area (Å²) >= 11 is 1.69. The maximum Gasteiger partial charge on any atom is 0.124 e. The molecule has 0 aliphatic carbocycles. The Labute approximate surface area is 115 Å². The van der Waals surface area contributed by atoms with Crippen molar-refractivity contribution in [1.29, 1.82) is 5.26 Å². The summed E-state index contributed by atoms with van der Waals surface area (Å²) in [4.78, 5) is 0. The van der Waals surface area contributed by atoms with Crippen LogP contribution in [-0.4, -0.2) is 6.26 Å². The molecular formula is C14H13FN2OS. The van der Waals surface area contributed by atoms with E-state index in [0.717, 1.165) is 17.3 Å². The summed E-state index contributed by atoms with van der Waals surface area (Å²) in [6, 6.07) is 9.88. The predicted octanol–water partition coefficient (Wildman–Crippen LogP) is 3.77. The minimum Gasteiger partial charge on any atom is -0.463 e. The first-order valence-corrected chi connectivity index (χ1v) is 7.12. The van der Waals surface area contributed by atoms with E-state index in [1.54, 1.807) is 17.8 Å². The summed E-state index contributed by atoms with van der Waals surface area (Å²) in [6.45, 7) is 0.467. The lowest BCUT2D eigenvalue weighted by Gasteiger charge is -2.06. The van der Waals surface area contributed by atoms with E-state index < -0.39 is 5.82 Å². The van der Waals surface area contributed by atoms with Gasteiger partial charge in [-0.15, -0.1) is 0 Å². The molecule has 19 heavy (non-hydrogen) atoms. The average molecular weight is 276 g/mol. The van der Waals surface area contributed by atoms with Crippen molar-refractivity contribution in [2.45, 2.75) is 12.3 Å². The number of nitriles is 1. The van der Waals surface area contributed by atoms with Gasteiger partial charge in [0.25, 0.3) is 0 Å². The number of hydrogen-bond donors (Lipinski definition) is 1. The summed E-state index contributed by atoms with van der Waals surface area (Å²) < 4.78 is 18.6. The minimum atomic E-state index is -0.414. The van der Waals surface area contributed by atoms with Gasteiger partial charge in [-0.1, -0.05) is 0 Å². The molecule has 1 heterocycles. The van der Waals surface area contributed by atoms with Crippen LogP contribution in [0, 0.1) is 17.1 Å². The van der Waals surface area contributed by atoms with Gasteiger partial charge in [0.15, 0.2) is 0 Å². The summed E-state index contributed by atoms with van der Waals surface area (Å²) in [6.07, 6.45) is 2.01. The van der Waals surface area contributed by atoms with Crippen LogP contribution in [0.25, 0.3) is 0 Å². The zero-order valence-corrected chi connectivity index (χ0v) is 11.3. The van der Waals surface area contributed by atoms with Crippen molar-refractivity contribution in [2.24, 2.45) is 0 Å². The Balaban J connectivity index is 2.04. The average Bonchev–Trinajstić information content (AvgIpc) is 2.85. The fourth-order valence-electron chi connectivity index (χ4n) is 1.68. The molecular weight excluding hydrogens is 263 g/mol. The van der Waals surface area contributed by atoms with Gasteiger partial charge in [-0.25, -0.2) is 4.39 Å². The van der Waals surface area contributed by atoms with Crippen LogP contribution >= 0.6 is 11.8 Å². The van der Waals surface area contributed by atoms with E-state index in [1.807, 2.05) is 24.5 Å². The van der Waals surface area contributed by atoms with Crippen LogP contribution in [0.4, 0.5) is 10.1 Å². The summed E-state index contributed by atoms with van der Waals surface area (Å²) in [5.41, 5.74) is 0.891. The van der Waals surface area contributed by atoms with Gasteiger partial charge >= 0.3 is 0 Å². The number of hydrogen-bond acceptors (Lipinski definition) is 4. The van der Waals surface area contributed by atoms with Crippen LogP contribution in [0.2, 0.25) is 0 Å². The van der Waals surface area contributed by atoms with Gasteiger partial charge in [0.1, 0.15) is 23.4 Å². The zero-order valence-electron chi connectivity index (χ0n) is 10.4. The zero-order chi connectivity index (χ0) is 13.7. The first-order valence-electron chi connectivity index (χ1n) is 5.73. The van der Waals surface area contributed by atoms with Crippen molar-refractivity contribution in [3.63, 3.8) is 0 Å². The van der Waals surface area contributed by atoms with Crippen molar-refractivity contribution < 1.29 is 8.81 Å². The van der Waals surface area contributed by atoms with Crippen LogP contribution in [0.1, 0.15) is 17.1 Å². The molecule has 0 fully saturated rings. The van der Waals surface area contributed by atoms with Crippen molar-refractivity contribution >= 4 is 17.4 Å². The third kappa shape index (κ3) is 3.52. The summed E-state index contributed by atoms with van der Waals surface area (Å²) in [5.74, 6) is 2.13. The molecule has 2 rings (SSSR count). The molecule has 1 N–H and O–H groups in total. The number of benzene rings is 1. The molecule has 0 spiro atoms. The number of nitrogens with one attached hydrogen (secondary N) is 1. The third-order valence-corrected chi connectivity index (χ3v) is 3.13. The normalized spacial score (nSPS) is 10.2. The molecule has 0 radical (unpaired) electrons. The molecule has 2 aromatic rings. The molecule has 0 unspecified atom stereocenters. The second-order valence-electron chi connectivity index (χ2n) is 3.96. The van der Waals surface area contributed by atoms with Crippen LogP contribution in [0.15, 0.2) is 34.7 Å². The number of halogens is 1. The second-order valence-corrected chi connectivity index (χ2v) is 4.82. The smallest absolute Gasteiger partial charge is 0.124 e. The first-order chi connectivity index (χ1) is 9.22. The highest BCUT2D eigenvalue weighted by molar-refractivity contribution is 7.97. The highest BCUT2D eigenvalue weighted by Crippen LogP contribution is 2.18. The van der Waals surface area contributed by atoms with Gasteiger partial charge in [0, 0.05) is 0 Å². The fourth-order valence-corrected chi connectivity index (χ4v) is 2.12. The molecule has 0 atom stereocenters. The number of anilines is 1. The first kappa shape index (κ1) is 13.5. The van der Waals surface area contributed by atoms with Gasteiger partial charge < -0.3 is 9.73 Å². The van der Waals surface area contributed by atoms with E-state index in [1.165, 1.54) is 12.1 Å². The molecule has 1 aromatic heterocycles. The molecule has 3 nitrogen and oxygen atoms in total. The van der Waals surface area contributed by atoms with E-state index >= 15 is 0 Å². The quantitative estimate of drug-likeness (QED) is 0.903. The molecule has 0 saturated carbocycles. The monoisotopic (exact) mass is 276 g/mol. The van der Waals surface area contributed by atoms with Crippen LogP contribution in [-0.2, 0) is 12.3 Å². The van der Waals surface area contributed by atoms with Crippen LogP contribution < -0.4 is 5.32 Å². The van der Waals surface area contributed by atoms with E-state index in [2.05, 4.69) is 5.32 Å². The van der Waals surface area contributed by atoms with Gasteiger partial charge in [-0.05, 0) is 36.6 Å². The maximum atomic E-state index is 13.0. The molecule has 5 heteroatoms. The Morgan fingerprint density at radius 3 is 2.84 bits per heavy atom. The van der Waals surface area contributed by atoms with E-state index in [-0.39, 0.29) is 5.56 Å².